The van der Waals surface area contributed by atoms with Gasteiger partial charge in [0.1, 0.15) is 0 Å². The molecule has 5 nitrogen and oxygen atoms in total. The van der Waals surface area contributed by atoms with E-state index in [4.69, 9.17) is 4.74 Å². The normalized spacial score (nSPS) is 14.6. The molecule has 17 heavy (non-hydrogen) atoms. The molecule has 2 rings (SSSR count). The van der Waals surface area contributed by atoms with Crippen LogP contribution in [-0.4, -0.2) is 33.9 Å². The van der Waals surface area contributed by atoms with E-state index in [1.807, 2.05) is 4.68 Å². The Morgan fingerprint density at radius 1 is 1.59 bits per heavy atom. The minimum absolute atomic E-state index is 0.224. The van der Waals surface area contributed by atoms with Gasteiger partial charge in [-0.15, -0.1) is 0 Å². The van der Waals surface area contributed by atoms with Crippen LogP contribution in [0.15, 0.2) is 10.7 Å². The maximum absolute atomic E-state index is 11.8. The molecule has 2 heterocycles. The summed E-state index contributed by atoms with van der Waals surface area (Å²) < 4.78 is 8.06. The van der Waals surface area contributed by atoms with E-state index < -0.39 is 0 Å². The summed E-state index contributed by atoms with van der Waals surface area (Å²) >= 11 is 3.43. The molecular formula is C11H16BrN3O2. The number of fused-ring (bicyclic) bond motifs is 1. The van der Waals surface area contributed by atoms with Crippen LogP contribution in [-0.2, 0) is 17.8 Å². The molecule has 0 bridgehead atoms. The number of hydrogen-bond donors (Lipinski definition) is 0. The van der Waals surface area contributed by atoms with Crippen LogP contribution in [0.5, 0.6) is 0 Å². The minimum atomic E-state index is -0.224. The molecule has 1 aromatic heterocycles. The lowest BCUT2D eigenvalue weighted by molar-refractivity contribution is 0.0903. The molecule has 0 spiro atoms. The highest BCUT2D eigenvalue weighted by Gasteiger charge is 2.23. The third kappa shape index (κ3) is 2.80. The first-order valence-corrected chi connectivity index (χ1v) is 6.63. The first kappa shape index (κ1) is 12.4. The number of aromatic nitrogens is 2. The Hall–Kier alpha value is -1.04. The van der Waals surface area contributed by atoms with Gasteiger partial charge < -0.3 is 9.64 Å². The summed E-state index contributed by atoms with van der Waals surface area (Å²) in [5.41, 5.74) is 1.03. The van der Waals surface area contributed by atoms with Crippen molar-refractivity contribution in [1.29, 1.82) is 0 Å². The molecule has 1 amide bonds. The van der Waals surface area contributed by atoms with Gasteiger partial charge >= 0.3 is 6.09 Å². The van der Waals surface area contributed by atoms with Gasteiger partial charge in [-0.3, -0.25) is 4.68 Å². The van der Waals surface area contributed by atoms with Crippen LogP contribution in [0, 0.1) is 0 Å². The highest BCUT2D eigenvalue weighted by Crippen LogP contribution is 2.21. The third-order valence-corrected chi connectivity index (χ3v) is 3.46. The topological polar surface area (TPSA) is 47.4 Å². The number of rotatable bonds is 3. The van der Waals surface area contributed by atoms with E-state index in [1.54, 1.807) is 11.1 Å². The quantitative estimate of drug-likeness (QED) is 0.806. The molecule has 0 unspecified atom stereocenters. The van der Waals surface area contributed by atoms with Crippen molar-refractivity contribution < 1.29 is 9.53 Å². The predicted molar refractivity (Wildman–Crippen MR) is 66.6 cm³/mol. The van der Waals surface area contributed by atoms with E-state index in [-0.39, 0.29) is 6.09 Å². The Labute approximate surface area is 109 Å². The number of carbonyl (C=O) groups is 1. The molecule has 0 aliphatic carbocycles. The fourth-order valence-electron chi connectivity index (χ4n) is 1.76. The number of hydrogen-bond acceptors (Lipinski definition) is 3. The van der Waals surface area contributed by atoms with Gasteiger partial charge in [0, 0.05) is 6.54 Å². The summed E-state index contributed by atoms with van der Waals surface area (Å²) in [4.78, 5) is 13.5. The zero-order valence-electron chi connectivity index (χ0n) is 9.86. The molecule has 0 saturated carbocycles. The second-order valence-corrected chi connectivity index (χ2v) is 4.91. The number of unbranched alkanes of at least 4 members (excludes halogenated alkanes) is 1. The maximum Gasteiger partial charge on any atom is 0.410 e. The molecule has 1 aliphatic heterocycles. The minimum Gasteiger partial charge on any atom is -0.449 e. The van der Waals surface area contributed by atoms with Crippen LogP contribution in [0.2, 0.25) is 0 Å². The highest BCUT2D eigenvalue weighted by atomic mass is 79.9. The van der Waals surface area contributed by atoms with E-state index >= 15 is 0 Å². The molecule has 6 heteroatoms. The number of halogens is 1. The van der Waals surface area contributed by atoms with Gasteiger partial charge in [0.05, 0.1) is 36.1 Å². The smallest absolute Gasteiger partial charge is 0.410 e. The van der Waals surface area contributed by atoms with E-state index in [9.17, 15) is 4.79 Å². The molecule has 1 aromatic rings. The first-order valence-electron chi connectivity index (χ1n) is 5.84. The van der Waals surface area contributed by atoms with E-state index in [1.165, 1.54) is 0 Å². The largest absolute Gasteiger partial charge is 0.449 e. The predicted octanol–water partition coefficient (Wildman–Crippen LogP) is 2.40. The Morgan fingerprint density at radius 2 is 2.41 bits per heavy atom. The lowest BCUT2D eigenvalue weighted by Crippen LogP contribution is -2.39. The van der Waals surface area contributed by atoms with Gasteiger partial charge in [0.25, 0.3) is 0 Å². The van der Waals surface area contributed by atoms with Crippen LogP contribution < -0.4 is 0 Å². The molecular weight excluding hydrogens is 286 g/mol. The zero-order chi connectivity index (χ0) is 12.3. The highest BCUT2D eigenvalue weighted by molar-refractivity contribution is 9.10. The zero-order valence-corrected chi connectivity index (χ0v) is 11.4. The van der Waals surface area contributed by atoms with E-state index in [0.717, 1.165) is 29.6 Å². The molecule has 0 saturated heterocycles. The van der Waals surface area contributed by atoms with Crippen LogP contribution in [0.3, 0.4) is 0 Å². The van der Waals surface area contributed by atoms with Crippen LogP contribution in [0.4, 0.5) is 4.79 Å². The lowest BCUT2D eigenvalue weighted by atomic mass is 10.3. The van der Waals surface area contributed by atoms with Crippen molar-refractivity contribution in [2.24, 2.45) is 0 Å². The van der Waals surface area contributed by atoms with Crippen molar-refractivity contribution in [1.82, 2.24) is 14.7 Å². The van der Waals surface area contributed by atoms with Gasteiger partial charge in [0.2, 0.25) is 0 Å². The summed E-state index contributed by atoms with van der Waals surface area (Å²) in [5, 5.41) is 4.22. The van der Waals surface area contributed by atoms with Crippen LogP contribution >= 0.6 is 15.9 Å². The average Bonchev–Trinajstić information content (AvgIpc) is 2.71. The summed E-state index contributed by atoms with van der Waals surface area (Å²) in [6.07, 6.45) is 3.49. The number of carbonyl (C=O) groups excluding carboxylic acids is 1. The average molecular weight is 302 g/mol. The standard InChI is InChI=1S/C11H16BrN3O2/c1-2-3-6-17-11(16)14-4-5-15-10(8-14)9(12)7-13-15/h7H,2-6,8H2,1H3. The van der Waals surface area contributed by atoms with Crippen molar-refractivity contribution in [3.8, 4) is 0 Å². The number of amides is 1. The summed E-state index contributed by atoms with van der Waals surface area (Å²) in [7, 11) is 0. The van der Waals surface area contributed by atoms with Crippen molar-refractivity contribution in [2.75, 3.05) is 13.2 Å². The van der Waals surface area contributed by atoms with Crippen LogP contribution in [0.25, 0.3) is 0 Å². The second-order valence-electron chi connectivity index (χ2n) is 4.05. The Kier molecular flexibility index (Phi) is 4.04. The Balaban J connectivity index is 1.92. The molecule has 0 radical (unpaired) electrons. The first-order chi connectivity index (χ1) is 8.22. The van der Waals surface area contributed by atoms with Crippen LogP contribution in [0.1, 0.15) is 25.5 Å². The van der Waals surface area contributed by atoms with Gasteiger partial charge in [0.15, 0.2) is 0 Å². The summed E-state index contributed by atoms with van der Waals surface area (Å²) in [5.74, 6) is 0. The Morgan fingerprint density at radius 3 is 3.18 bits per heavy atom. The summed E-state index contributed by atoms with van der Waals surface area (Å²) in [6, 6.07) is 0. The number of ether oxygens (including phenoxy) is 1. The molecule has 94 valence electrons. The Bertz CT molecular complexity index is 405. The third-order valence-electron chi connectivity index (χ3n) is 2.80. The second kappa shape index (κ2) is 5.53. The van der Waals surface area contributed by atoms with Gasteiger partial charge in [-0.05, 0) is 22.4 Å². The SMILES string of the molecule is CCCCOC(=O)N1CCn2ncc(Br)c2C1. The monoisotopic (exact) mass is 301 g/mol. The maximum atomic E-state index is 11.8. The fourth-order valence-corrected chi connectivity index (χ4v) is 2.19. The van der Waals surface area contributed by atoms with Gasteiger partial charge in [-0.2, -0.15) is 5.10 Å². The molecule has 0 fully saturated rings. The van der Waals surface area contributed by atoms with Gasteiger partial charge in [-0.25, -0.2) is 4.79 Å². The summed E-state index contributed by atoms with van der Waals surface area (Å²) in [6.45, 7) is 4.53. The van der Waals surface area contributed by atoms with Crippen molar-refractivity contribution in [2.45, 2.75) is 32.9 Å². The molecule has 0 atom stereocenters. The van der Waals surface area contributed by atoms with Crippen molar-refractivity contribution in [3.05, 3.63) is 16.4 Å². The van der Waals surface area contributed by atoms with Crippen molar-refractivity contribution >= 4 is 22.0 Å². The molecule has 0 aromatic carbocycles. The van der Waals surface area contributed by atoms with E-state index in [0.29, 0.717) is 19.7 Å². The lowest BCUT2D eigenvalue weighted by Gasteiger charge is -2.27. The number of nitrogens with zero attached hydrogens (tertiary/aromatic N) is 3. The van der Waals surface area contributed by atoms with E-state index in [2.05, 4.69) is 28.0 Å². The van der Waals surface area contributed by atoms with Gasteiger partial charge in [-0.1, -0.05) is 13.3 Å². The van der Waals surface area contributed by atoms with Crippen molar-refractivity contribution in [3.63, 3.8) is 0 Å². The fraction of sp³-hybridized carbons (Fsp3) is 0.636. The molecule has 1 aliphatic rings. The molecule has 0 N–H and O–H groups in total.